The van der Waals surface area contributed by atoms with Gasteiger partial charge in [-0.15, -0.1) is 0 Å². The van der Waals surface area contributed by atoms with Crippen LogP contribution in [0.15, 0.2) is 10.7 Å². The van der Waals surface area contributed by atoms with Gasteiger partial charge in [0.15, 0.2) is 11.6 Å². The van der Waals surface area contributed by atoms with Crippen LogP contribution in [0.5, 0.6) is 0 Å². The third kappa shape index (κ3) is 2.18. The Kier molecular flexibility index (Phi) is 3.01. The zero-order valence-electron chi connectivity index (χ0n) is 8.66. The Labute approximate surface area is 87.8 Å². The van der Waals surface area contributed by atoms with E-state index in [4.69, 9.17) is 4.42 Å². The van der Waals surface area contributed by atoms with E-state index >= 15 is 0 Å². The first-order valence-corrected chi connectivity index (χ1v) is 5.05. The summed E-state index contributed by atoms with van der Waals surface area (Å²) in [7, 11) is 1.33. The molecule has 5 nitrogen and oxygen atoms in total. The van der Waals surface area contributed by atoms with Gasteiger partial charge in [0.25, 0.3) is 0 Å². The summed E-state index contributed by atoms with van der Waals surface area (Å²) >= 11 is 0. The Hall–Kier alpha value is -1.36. The number of esters is 1. The van der Waals surface area contributed by atoms with Crippen LogP contribution in [0.2, 0.25) is 0 Å². The van der Waals surface area contributed by atoms with Crippen molar-refractivity contribution in [3.8, 4) is 0 Å². The van der Waals surface area contributed by atoms with Gasteiger partial charge in [-0.2, -0.15) is 0 Å². The first-order chi connectivity index (χ1) is 7.31. The summed E-state index contributed by atoms with van der Waals surface area (Å²) in [5, 5.41) is 3.27. The van der Waals surface area contributed by atoms with Gasteiger partial charge >= 0.3 is 5.97 Å². The zero-order valence-corrected chi connectivity index (χ0v) is 8.66. The summed E-state index contributed by atoms with van der Waals surface area (Å²) in [4.78, 5) is 15.3. The highest BCUT2D eigenvalue weighted by Crippen LogP contribution is 2.22. The minimum absolute atomic E-state index is 0.248. The van der Waals surface area contributed by atoms with Crippen molar-refractivity contribution < 1.29 is 13.9 Å². The molecule has 0 radical (unpaired) electrons. The second-order valence-corrected chi connectivity index (χ2v) is 3.61. The monoisotopic (exact) mass is 210 g/mol. The largest absolute Gasteiger partial charge is 0.464 e. The van der Waals surface area contributed by atoms with Crippen molar-refractivity contribution in [3.05, 3.63) is 17.8 Å². The van der Waals surface area contributed by atoms with Crippen molar-refractivity contribution >= 4 is 5.97 Å². The number of rotatable bonds is 2. The van der Waals surface area contributed by atoms with E-state index in [2.05, 4.69) is 15.0 Å². The van der Waals surface area contributed by atoms with Crippen molar-refractivity contribution in [2.24, 2.45) is 0 Å². The lowest BCUT2D eigenvalue weighted by molar-refractivity contribution is 0.0594. The van der Waals surface area contributed by atoms with Gasteiger partial charge in [-0.1, -0.05) is 0 Å². The van der Waals surface area contributed by atoms with Gasteiger partial charge in [0.1, 0.15) is 6.26 Å². The number of nitrogens with one attached hydrogen (secondary N) is 1. The van der Waals surface area contributed by atoms with E-state index in [1.54, 1.807) is 0 Å². The maximum atomic E-state index is 11.1. The number of carbonyl (C=O) groups excluding carboxylic acids is 1. The molecule has 0 aromatic carbocycles. The van der Waals surface area contributed by atoms with Gasteiger partial charge in [-0.05, 0) is 19.4 Å². The van der Waals surface area contributed by atoms with Crippen molar-refractivity contribution in [1.82, 2.24) is 10.3 Å². The maximum Gasteiger partial charge on any atom is 0.360 e. The topological polar surface area (TPSA) is 64.4 Å². The van der Waals surface area contributed by atoms with Crippen molar-refractivity contribution in [1.29, 1.82) is 0 Å². The van der Waals surface area contributed by atoms with Gasteiger partial charge in [-0.25, -0.2) is 9.78 Å². The van der Waals surface area contributed by atoms with Crippen LogP contribution < -0.4 is 5.32 Å². The van der Waals surface area contributed by atoms with Gasteiger partial charge < -0.3 is 14.5 Å². The molecule has 82 valence electrons. The number of carbonyl (C=O) groups is 1. The molecule has 0 unspecified atom stereocenters. The van der Waals surface area contributed by atoms with Crippen LogP contribution in [0, 0.1) is 0 Å². The van der Waals surface area contributed by atoms with E-state index in [-0.39, 0.29) is 11.6 Å². The van der Waals surface area contributed by atoms with Crippen LogP contribution >= 0.6 is 0 Å². The second kappa shape index (κ2) is 4.44. The van der Waals surface area contributed by atoms with Crippen LogP contribution in [0.1, 0.15) is 35.1 Å². The zero-order chi connectivity index (χ0) is 10.7. The molecule has 0 saturated carbocycles. The number of aromatic nitrogens is 1. The molecule has 1 aliphatic rings. The normalized spacial score (nSPS) is 21.3. The van der Waals surface area contributed by atoms with E-state index in [0.717, 1.165) is 25.9 Å². The summed E-state index contributed by atoms with van der Waals surface area (Å²) in [6.07, 6.45) is 3.52. The molecule has 1 atom stereocenters. The van der Waals surface area contributed by atoms with E-state index < -0.39 is 5.97 Å². The molecule has 1 fully saturated rings. The third-order valence-corrected chi connectivity index (χ3v) is 2.56. The molecule has 1 aliphatic heterocycles. The molecular weight excluding hydrogens is 196 g/mol. The summed E-state index contributed by atoms with van der Waals surface area (Å²) < 4.78 is 9.84. The molecule has 0 spiro atoms. The Morgan fingerprint density at radius 3 is 3.27 bits per heavy atom. The number of ether oxygens (including phenoxy) is 1. The summed E-state index contributed by atoms with van der Waals surface area (Å²) in [5.41, 5.74) is 0.248. The highest BCUT2D eigenvalue weighted by molar-refractivity contribution is 5.86. The van der Waals surface area contributed by atoms with Crippen molar-refractivity contribution in [3.63, 3.8) is 0 Å². The molecule has 0 aliphatic carbocycles. The molecular formula is C10H14N2O3. The summed E-state index contributed by atoms with van der Waals surface area (Å²) in [6, 6.07) is 0. The number of oxazole rings is 1. The van der Waals surface area contributed by atoms with Crippen LogP contribution in [0.25, 0.3) is 0 Å². The van der Waals surface area contributed by atoms with Crippen LogP contribution in [0.3, 0.4) is 0 Å². The van der Waals surface area contributed by atoms with Gasteiger partial charge in [0.05, 0.1) is 7.11 Å². The first-order valence-electron chi connectivity index (χ1n) is 5.05. The lowest BCUT2D eigenvalue weighted by Crippen LogP contribution is -2.28. The fraction of sp³-hybridized carbons (Fsp3) is 0.600. The molecule has 2 rings (SSSR count). The predicted octanol–water partition coefficient (Wildman–Crippen LogP) is 0.928. The molecule has 5 heteroatoms. The van der Waals surface area contributed by atoms with Gasteiger partial charge in [0, 0.05) is 12.5 Å². The van der Waals surface area contributed by atoms with Gasteiger partial charge in [-0.3, -0.25) is 0 Å². The van der Waals surface area contributed by atoms with Crippen LogP contribution in [0.4, 0.5) is 0 Å². The molecule has 1 aromatic heterocycles. The quantitative estimate of drug-likeness (QED) is 0.735. The Morgan fingerprint density at radius 2 is 2.60 bits per heavy atom. The second-order valence-electron chi connectivity index (χ2n) is 3.61. The number of hydrogen-bond donors (Lipinski definition) is 1. The van der Waals surface area contributed by atoms with E-state index in [1.807, 2.05) is 0 Å². The van der Waals surface area contributed by atoms with E-state index in [9.17, 15) is 4.79 Å². The highest BCUT2D eigenvalue weighted by Gasteiger charge is 2.21. The number of hydrogen-bond acceptors (Lipinski definition) is 5. The van der Waals surface area contributed by atoms with Crippen LogP contribution in [-0.2, 0) is 4.74 Å². The Bertz CT molecular complexity index is 342. The molecule has 1 N–H and O–H groups in total. The van der Waals surface area contributed by atoms with E-state index in [0.29, 0.717) is 5.89 Å². The molecule has 0 amide bonds. The number of nitrogens with zero attached hydrogens (tertiary/aromatic N) is 1. The van der Waals surface area contributed by atoms with Crippen molar-refractivity contribution in [2.45, 2.75) is 18.8 Å². The van der Waals surface area contributed by atoms with Crippen LogP contribution in [-0.4, -0.2) is 31.2 Å². The minimum Gasteiger partial charge on any atom is -0.464 e. The fourth-order valence-electron chi connectivity index (χ4n) is 1.74. The average Bonchev–Trinajstić information content (AvgIpc) is 2.78. The van der Waals surface area contributed by atoms with Gasteiger partial charge in [0.2, 0.25) is 0 Å². The smallest absolute Gasteiger partial charge is 0.360 e. The molecule has 1 aromatic rings. The minimum atomic E-state index is -0.450. The fourth-order valence-corrected chi connectivity index (χ4v) is 1.74. The lowest BCUT2D eigenvalue weighted by atomic mass is 10.00. The number of methoxy groups -OCH3 is 1. The molecule has 1 saturated heterocycles. The van der Waals surface area contributed by atoms with E-state index in [1.165, 1.54) is 13.4 Å². The first kappa shape index (κ1) is 10.2. The van der Waals surface area contributed by atoms with Crippen molar-refractivity contribution in [2.75, 3.05) is 20.2 Å². The standard InChI is InChI=1S/C10H14N2O3/c1-14-10(13)8-6-15-9(12-8)7-3-2-4-11-5-7/h6-7,11H,2-5H2,1H3/t7-/m1/s1. The highest BCUT2D eigenvalue weighted by atomic mass is 16.5. The SMILES string of the molecule is COC(=O)c1coc([C@@H]2CCCNC2)n1. The number of piperidine rings is 1. The average molecular weight is 210 g/mol. The Balaban J connectivity index is 2.08. The summed E-state index contributed by atoms with van der Waals surface area (Å²) in [5.74, 6) is 0.452. The molecule has 2 heterocycles. The summed E-state index contributed by atoms with van der Waals surface area (Å²) in [6.45, 7) is 1.90. The lowest BCUT2D eigenvalue weighted by Gasteiger charge is -2.19. The Morgan fingerprint density at radius 1 is 1.73 bits per heavy atom. The third-order valence-electron chi connectivity index (χ3n) is 2.56. The maximum absolute atomic E-state index is 11.1. The molecule has 15 heavy (non-hydrogen) atoms. The molecule has 0 bridgehead atoms. The predicted molar refractivity (Wildman–Crippen MR) is 52.7 cm³/mol.